The molecule has 0 bridgehead atoms. The first-order valence-corrected chi connectivity index (χ1v) is 12.3. The normalized spacial score (nSPS) is 22.0. The van der Waals surface area contributed by atoms with Gasteiger partial charge in [-0.1, -0.05) is 12.5 Å². The van der Waals surface area contributed by atoms with Gasteiger partial charge >= 0.3 is 0 Å². The minimum absolute atomic E-state index is 0.0126. The average Bonchev–Trinajstić information content (AvgIpc) is 3.17. The van der Waals surface area contributed by atoms with E-state index in [2.05, 4.69) is 31.1 Å². The molecule has 3 aliphatic heterocycles. The number of likely N-dealkylation sites (tertiary alicyclic amines) is 1. The Morgan fingerprint density at radius 2 is 2.03 bits per heavy atom. The van der Waals surface area contributed by atoms with Crippen LogP contribution in [0.2, 0.25) is 0 Å². The Kier molecular flexibility index (Phi) is 5.91. The highest BCUT2D eigenvalue weighted by molar-refractivity contribution is 5.94. The summed E-state index contributed by atoms with van der Waals surface area (Å²) in [7, 11) is 1.69. The number of piperidine rings is 1. The van der Waals surface area contributed by atoms with Gasteiger partial charge in [0.05, 0.1) is 0 Å². The molecule has 182 valence electrons. The predicted octanol–water partition coefficient (Wildman–Crippen LogP) is 3.11. The fourth-order valence-electron chi connectivity index (χ4n) is 5.84. The number of amides is 2. The first-order chi connectivity index (χ1) is 16.3. The second-order valence-corrected chi connectivity index (χ2v) is 10.4. The molecule has 3 aliphatic rings. The Labute approximate surface area is 200 Å². The van der Waals surface area contributed by atoms with E-state index < -0.39 is 5.60 Å². The number of nitrogens with one attached hydrogen (secondary N) is 1. The maximum absolute atomic E-state index is 13.4. The number of rotatable bonds is 4. The van der Waals surface area contributed by atoms with E-state index in [4.69, 9.17) is 4.74 Å². The molecule has 0 aromatic carbocycles. The monoisotopic (exact) mass is 466 g/mol. The van der Waals surface area contributed by atoms with Crippen molar-refractivity contribution in [1.29, 1.82) is 0 Å². The van der Waals surface area contributed by atoms with Crippen LogP contribution in [0.15, 0.2) is 18.3 Å². The summed E-state index contributed by atoms with van der Waals surface area (Å²) in [6.45, 7) is 6.16. The van der Waals surface area contributed by atoms with Gasteiger partial charge in [0.15, 0.2) is 5.82 Å². The standard InChI is InChI=1S/C25H34N6O3/c1-24(2,34-3)23-29-28-22-17(7-4-5-12-31(22)23)15-20(33)30-13-9-25(10-14-30)16-19(32)27-21-18(25)8-6-11-26-21/h6,8,11,17H,4-5,7,9-10,12-16H2,1-3H3,(H,26,27,32). The summed E-state index contributed by atoms with van der Waals surface area (Å²) in [5, 5.41) is 11.9. The highest BCUT2D eigenvalue weighted by Crippen LogP contribution is 2.44. The van der Waals surface area contributed by atoms with Gasteiger partial charge in [0.25, 0.3) is 0 Å². The van der Waals surface area contributed by atoms with Crippen LogP contribution < -0.4 is 5.32 Å². The Morgan fingerprint density at radius 3 is 2.79 bits per heavy atom. The summed E-state index contributed by atoms with van der Waals surface area (Å²) in [5.74, 6) is 2.64. The zero-order valence-corrected chi connectivity index (χ0v) is 20.3. The quantitative estimate of drug-likeness (QED) is 0.743. The van der Waals surface area contributed by atoms with E-state index in [-0.39, 0.29) is 23.1 Å². The van der Waals surface area contributed by atoms with Crippen molar-refractivity contribution in [3.8, 4) is 0 Å². The van der Waals surface area contributed by atoms with Crippen LogP contribution >= 0.6 is 0 Å². The van der Waals surface area contributed by atoms with Crippen molar-refractivity contribution in [3.05, 3.63) is 35.5 Å². The molecule has 0 saturated carbocycles. The zero-order valence-electron chi connectivity index (χ0n) is 20.3. The van der Waals surface area contributed by atoms with Crippen molar-refractivity contribution in [2.24, 2.45) is 0 Å². The summed E-state index contributed by atoms with van der Waals surface area (Å²) >= 11 is 0. The van der Waals surface area contributed by atoms with Gasteiger partial charge in [-0.05, 0) is 45.6 Å². The molecule has 1 spiro atoms. The van der Waals surface area contributed by atoms with Crippen LogP contribution in [0.4, 0.5) is 5.82 Å². The van der Waals surface area contributed by atoms with E-state index in [1.807, 2.05) is 24.8 Å². The van der Waals surface area contributed by atoms with Crippen LogP contribution in [0.25, 0.3) is 0 Å². The van der Waals surface area contributed by atoms with Crippen LogP contribution in [0.5, 0.6) is 0 Å². The molecule has 0 aliphatic carbocycles. The van der Waals surface area contributed by atoms with Crippen molar-refractivity contribution in [2.75, 3.05) is 25.5 Å². The number of pyridine rings is 1. The fourth-order valence-corrected chi connectivity index (χ4v) is 5.84. The van der Waals surface area contributed by atoms with Gasteiger partial charge < -0.3 is 19.5 Å². The van der Waals surface area contributed by atoms with Crippen LogP contribution in [0.3, 0.4) is 0 Å². The maximum Gasteiger partial charge on any atom is 0.226 e. The number of hydrogen-bond donors (Lipinski definition) is 1. The molecule has 0 radical (unpaired) electrons. The Bertz CT molecular complexity index is 1090. The van der Waals surface area contributed by atoms with Crippen molar-refractivity contribution in [1.82, 2.24) is 24.6 Å². The lowest BCUT2D eigenvalue weighted by Gasteiger charge is -2.44. The van der Waals surface area contributed by atoms with Crippen molar-refractivity contribution < 1.29 is 14.3 Å². The molecule has 2 amide bonds. The molecule has 1 unspecified atom stereocenters. The molecule has 2 aromatic rings. The second-order valence-electron chi connectivity index (χ2n) is 10.4. The molecular formula is C25H34N6O3. The number of anilines is 1. The van der Waals surface area contributed by atoms with E-state index in [0.717, 1.165) is 55.9 Å². The molecule has 2 aromatic heterocycles. The topological polar surface area (TPSA) is 102 Å². The molecule has 34 heavy (non-hydrogen) atoms. The van der Waals surface area contributed by atoms with Gasteiger partial charge in [-0.2, -0.15) is 0 Å². The third kappa shape index (κ3) is 4.00. The SMILES string of the molecule is COC(C)(C)c1nnc2n1CCCCC2CC(=O)N1CCC2(CC1)CC(=O)Nc1ncccc12. The molecule has 9 heteroatoms. The number of methoxy groups -OCH3 is 1. The summed E-state index contributed by atoms with van der Waals surface area (Å²) in [5.41, 5.74) is 0.348. The predicted molar refractivity (Wildman–Crippen MR) is 126 cm³/mol. The van der Waals surface area contributed by atoms with E-state index in [1.165, 1.54) is 0 Å². The molecule has 1 N–H and O–H groups in total. The van der Waals surface area contributed by atoms with Crippen molar-refractivity contribution >= 4 is 17.6 Å². The number of fused-ring (bicyclic) bond motifs is 3. The van der Waals surface area contributed by atoms with E-state index in [0.29, 0.717) is 31.7 Å². The highest BCUT2D eigenvalue weighted by Gasteiger charge is 2.44. The maximum atomic E-state index is 13.4. The van der Waals surface area contributed by atoms with Gasteiger partial charge in [0.1, 0.15) is 17.2 Å². The fraction of sp³-hybridized carbons (Fsp3) is 0.640. The van der Waals surface area contributed by atoms with E-state index >= 15 is 0 Å². The largest absolute Gasteiger partial charge is 0.371 e. The van der Waals surface area contributed by atoms with Crippen molar-refractivity contribution in [3.63, 3.8) is 0 Å². The number of nitrogens with zero attached hydrogens (tertiary/aromatic N) is 5. The van der Waals surface area contributed by atoms with Crippen LogP contribution in [0.1, 0.15) is 81.9 Å². The minimum Gasteiger partial charge on any atom is -0.371 e. The molecular weight excluding hydrogens is 432 g/mol. The molecule has 1 atom stereocenters. The van der Waals surface area contributed by atoms with Gasteiger partial charge in [0, 0.05) is 62.7 Å². The Balaban J connectivity index is 1.30. The average molecular weight is 467 g/mol. The molecule has 5 heterocycles. The van der Waals surface area contributed by atoms with Crippen LogP contribution in [0, 0.1) is 0 Å². The highest BCUT2D eigenvalue weighted by atomic mass is 16.5. The zero-order chi connectivity index (χ0) is 23.9. The third-order valence-electron chi connectivity index (χ3n) is 8.01. The smallest absolute Gasteiger partial charge is 0.226 e. The lowest BCUT2D eigenvalue weighted by atomic mass is 9.69. The Hall–Kier alpha value is -2.81. The number of hydrogen-bond acceptors (Lipinski definition) is 6. The van der Waals surface area contributed by atoms with Gasteiger partial charge in [-0.15, -0.1) is 10.2 Å². The summed E-state index contributed by atoms with van der Waals surface area (Å²) < 4.78 is 7.83. The lowest BCUT2D eigenvalue weighted by Crippen LogP contribution is -2.48. The Morgan fingerprint density at radius 1 is 1.24 bits per heavy atom. The van der Waals surface area contributed by atoms with Crippen molar-refractivity contribution in [2.45, 2.75) is 82.3 Å². The van der Waals surface area contributed by atoms with Crippen LogP contribution in [-0.2, 0) is 31.9 Å². The van der Waals surface area contributed by atoms with E-state index in [9.17, 15) is 9.59 Å². The van der Waals surface area contributed by atoms with E-state index in [1.54, 1.807) is 13.3 Å². The number of carbonyl (C=O) groups excluding carboxylic acids is 2. The minimum atomic E-state index is -0.525. The number of ether oxygens (including phenoxy) is 1. The lowest BCUT2D eigenvalue weighted by molar-refractivity contribution is -0.133. The van der Waals surface area contributed by atoms with Crippen LogP contribution in [-0.4, -0.2) is 56.7 Å². The number of aromatic nitrogens is 4. The van der Waals surface area contributed by atoms with Gasteiger partial charge in [0.2, 0.25) is 11.8 Å². The van der Waals surface area contributed by atoms with Gasteiger partial charge in [-0.3, -0.25) is 9.59 Å². The molecule has 9 nitrogen and oxygen atoms in total. The molecule has 1 fully saturated rings. The number of carbonyl (C=O) groups is 2. The molecule has 5 rings (SSSR count). The summed E-state index contributed by atoms with van der Waals surface area (Å²) in [6.07, 6.45) is 7.21. The van der Waals surface area contributed by atoms with Gasteiger partial charge in [-0.25, -0.2) is 4.98 Å². The first kappa shape index (κ1) is 23.0. The summed E-state index contributed by atoms with van der Waals surface area (Å²) in [4.78, 5) is 32.1. The third-order valence-corrected chi connectivity index (χ3v) is 8.01. The molecule has 1 saturated heterocycles. The second kappa shape index (κ2) is 8.76. The summed E-state index contributed by atoms with van der Waals surface area (Å²) in [6, 6.07) is 3.99. The first-order valence-electron chi connectivity index (χ1n) is 12.3.